The first-order valence-electron chi connectivity index (χ1n) is 6.00. The fourth-order valence-electron chi connectivity index (χ4n) is 1.79. The van der Waals surface area contributed by atoms with Gasteiger partial charge in [0, 0.05) is 29.4 Å². The highest BCUT2D eigenvalue weighted by molar-refractivity contribution is 7.98. The second-order valence-corrected chi connectivity index (χ2v) is 5.81. The second kappa shape index (κ2) is 7.50. The van der Waals surface area contributed by atoms with E-state index in [1.54, 1.807) is 6.07 Å². The molecule has 1 unspecified atom stereocenters. The van der Waals surface area contributed by atoms with Crippen molar-refractivity contribution in [2.75, 3.05) is 24.0 Å². The van der Waals surface area contributed by atoms with Crippen molar-refractivity contribution in [3.05, 3.63) is 28.8 Å². The van der Waals surface area contributed by atoms with Gasteiger partial charge in [0.05, 0.1) is 0 Å². The lowest BCUT2D eigenvalue weighted by atomic mass is 10.1. The molecule has 6 heteroatoms. The average molecular weight is 302 g/mol. The van der Waals surface area contributed by atoms with E-state index >= 15 is 0 Å². The molecule has 106 valence electrons. The van der Waals surface area contributed by atoms with E-state index in [2.05, 4.69) is 23.2 Å². The third-order valence-corrected chi connectivity index (χ3v) is 4.00. The van der Waals surface area contributed by atoms with Crippen LogP contribution >= 0.6 is 23.4 Å². The van der Waals surface area contributed by atoms with Crippen molar-refractivity contribution in [1.82, 2.24) is 0 Å². The van der Waals surface area contributed by atoms with Crippen LogP contribution in [0.25, 0.3) is 0 Å². The van der Waals surface area contributed by atoms with Crippen LogP contribution < -0.4 is 10.6 Å². The molecule has 4 nitrogen and oxygen atoms in total. The molecule has 1 aromatic rings. The summed E-state index contributed by atoms with van der Waals surface area (Å²) in [6.45, 7) is 2.15. The van der Waals surface area contributed by atoms with Gasteiger partial charge in [0.25, 0.3) is 0 Å². The summed E-state index contributed by atoms with van der Waals surface area (Å²) in [5, 5.41) is 12.5. The molecule has 0 saturated heterocycles. The highest BCUT2D eigenvalue weighted by atomic mass is 35.5. The smallest absolute Gasteiger partial charge is 0.172 e. The summed E-state index contributed by atoms with van der Waals surface area (Å²) in [6.07, 6.45) is 3.16. The topological polar surface area (TPSA) is 61.8 Å². The van der Waals surface area contributed by atoms with Gasteiger partial charge >= 0.3 is 0 Å². The van der Waals surface area contributed by atoms with Crippen molar-refractivity contribution in [2.24, 2.45) is 10.9 Å². The van der Waals surface area contributed by atoms with Gasteiger partial charge in [-0.2, -0.15) is 11.8 Å². The molecule has 1 aromatic carbocycles. The van der Waals surface area contributed by atoms with Gasteiger partial charge in [-0.1, -0.05) is 16.8 Å². The van der Waals surface area contributed by atoms with Gasteiger partial charge in [-0.05, 0) is 43.6 Å². The number of rotatable bonds is 6. The van der Waals surface area contributed by atoms with Crippen molar-refractivity contribution in [1.29, 1.82) is 0 Å². The molecule has 0 aromatic heterocycles. The van der Waals surface area contributed by atoms with Gasteiger partial charge < -0.3 is 15.8 Å². The molecule has 0 fully saturated rings. The van der Waals surface area contributed by atoms with Crippen molar-refractivity contribution >= 4 is 34.9 Å². The number of nitrogens with zero attached hydrogens (tertiary/aromatic N) is 2. The summed E-state index contributed by atoms with van der Waals surface area (Å²) in [4.78, 5) is 2.12. The summed E-state index contributed by atoms with van der Waals surface area (Å²) in [5.41, 5.74) is 7.27. The van der Waals surface area contributed by atoms with Gasteiger partial charge in [-0.3, -0.25) is 0 Å². The highest BCUT2D eigenvalue weighted by Gasteiger charge is 2.16. The Morgan fingerprint density at radius 3 is 2.84 bits per heavy atom. The number of anilines is 1. The molecule has 1 rings (SSSR count). The van der Waals surface area contributed by atoms with Crippen molar-refractivity contribution < 1.29 is 5.21 Å². The number of benzene rings is 1. The molecule has 0 aliphatic carbocycles. The quantitative estimate of drug-likeness (QED) is 0.367. The minimum atomic E-state index is 0.0708. The standard InChI is InChI=1S/C13H20ClN3OS/c1-9(6-7-19-3)17(2)12-5-4-10(14)8-11(12)13(15)16-18/h4-5,8-9,18H,6-7H2,1-3H3,(H2,15,16). The molecule has 0 heterocycles. The van der Waals surface area contributed by atoms with Gasteiger partial charge in [0.1, 0.15) is 0 Å². The van der Waals surface area contributed by atoms with E-state index in [0.717, 1.165) is 17.9 Å². The van der Waals surface area contributed by atoms with E-state index in [1.807, 2.05) is 30.9 Å². The largest absolute Gasteiger partial charge is 0.409 e. The molecule has 0 saturated carbocycles. The zero-order valence-corrected chi connectivity index (χ0v) is 13.0. The van der Waals surface area contributed by atoms with E-state index in [1.165, 1.54) is 0 Å². The van der Waals surface area contributed by atoms with Crippen molar-refractivity contribution in [3.63, 3.8) is 0 Å². The van der Waals surface area contributed by atoms with E-state index < -0.39 is 0 Å². The Labute approximate surface area is 123 Å². The Kier molecular flexibility index (Phi) is 6.31. The van der Waals surface area contributed by atoms with Gasteiger partial charge in [0.2, 0.25) is 0 Å². The lowest BCUT2D eigenvalue weighted by Crippen LogP contribution is -2.31. The van der Waals surface area contributed by atoms with Crippen LogP contribution in [0.1, 0.15) is 18.9 Å². The number of halogens is 1. The van der Waals surface area contributed by atoms with Gasteiger partial charge in [-0.15, -0.1) is 0 Å². The Morgan fingerprint density at radius 1 is 1.58 bits per heavy atom. The van der Waals surface area contributed by atoms with Crippen molar-refractivity contribution in [2.45, 2.75) is 19.4 Å². The highest BCUT2D eigenvalue weighted by Crippen LogP contribution is 2.25. The van der Waals surface area contributed by atoms with Gasteiger partial charge in [-0.25, -0.2) is 0 Å². The third-order valence-electron chi connectivity index (χ3n) is 3.12. The number of amidine groups is 1. The van der Waals surface area contributed by atoms with Crippen LogP contribution in [0.3, 0.4) is 0 Å². The number of hydrogen-bond donors (Lipinski definition) is 2. The number of thioether (sulfide) groups is 1. The Hall–Kier alpha value is -1.07. The first-order valence-corrected chi connectivity index (χ1v) is 7.77. The van der Waals surface area contributed by atoms with Crippen LogP contribution in [0.4, 0.5) is 5.69 Å². The van der Waals surface area contributed by atoms with E-state index in [0.29, 0.717) is 16.6 Å². The first kappa shape index (κ1) is 16.0. The predicted molar refractivity (Wildman–Crippen MR) is 84.8 cm³/mol. The van der Waals surface area contributed by atoms with Crippen LogP contribution in [0.5, 0.6) is 0 Å². The predicted octanol–water partition coefficient (Wildman–Crippen LogP) is 3.01. The zero-order valence-electron chi connectivity index (χ0n) is 11.4. The molecule has 0 spiro atoms. The summed E-state index contributed by atoms with van der Waals surface area (Å²) < 4.78 is 0. The van der Waals surface area contributed by atoms with Crippen LogP contribution in [-0.2, 0) is 0 Å². The molecule has 1 atom stereocenters. The second-order valence-electron chi connectivity index (χ2n) is 4.39. The molecule has 0 bridgehead atoms. The lowest BCUT2D eigenvalue weighted by Gasteiger charge is -2.28. The lowest BCUT2D eigenvalue weighted by molar-refractivity contribution is 0.318. The van der Waals surface area contributed by atoms with Crippen LogP contribution in [0, 0.1) is 0 Å². The Morgan fingerprint density at radius 2 is 2.26 bits per heavy atom. The maximum atomic E-state index is 8.86. The van der Waals surface area contributed by atoms with E-state index in [9.17, 15) is 0 Å². The van der Waals surface area contributed by atoms with Crippen LogP contribution in [0.15, 0.2) is 23.4 Å². The molecule has 3 N–H and O–H groups in total. The molecule has 0 aliphatic rings. The normalized spacial score (nSPS) is 13.4. The SMILES string of the molecule is CSCCC(C)N(C)c1ccc(Cl)cc1/C(N)=N/O. The summed E-state index contributed by atoms with van der Waals surface area (Å²) in [7, 11) is 2.00. The first-order chi connectivity index (χ1) is 9.01. The fourth-order valence-corrected chi connectivity index (χ4v) is 2.54. The molecular weight excluding hydrogens is 282 g/mol. The molecule has 0 amide bonds. The fraction of sp³-hybridized carbons (Fsp3) is 0.462. The number of hydrogen-bond acceptors (Lipinski definition) is 4. The maximum absolute atomic E-state index is 8.86. The van der Waals surface area contributed by atoms with Crippen LogP contribution in [0.2, 0.25) is 5.02 Å². The van der Waals surface area contributed by atoms with Gasteiger partial charge in [0.15, 0.2) is 5.84 Å². The minimum absolute atomic E-state index is 0.0708. The van der Waals surface area contributed by atoms with E-state index in [-0.39, 0.29) is 5.84 Å². The summed E-state index contributed by atoms with van der Waals surface area (Å²) in [5.74, 6) is 1.17. The molecule has 0 radical (unpaired) electrons. The van der Waals surface area contributed by atoms with Crippen LogP contribution in [-0.4, -0.2) is 36.1 Å². The summed E-state index contributed by atoms with van der Waals surface area (Å²) in [6, 6.07) is 5.77. The summed E-state index contributed by atoms with van der Waals surface area (Å²) >= 11 is 7.80. The van der Waals surface area contributed by atoms with Crippen molar-refractivity contribution in [3.8, 4) is 0 Å². The molecule has 0 aliphatic heterocycles. The molecule has 19 heavy (non-hydrogen) atoms. The minimum Gasteiger partial charge on any atom is -0.409 e. The Bertz CT molecular complexity index is 454. The molecular formula is C13H20ClN3OS. The number of nitrogens with two attached hydrogens (primary N) is 1. The third kappa shape index (κ3) is 4.21. The van der Waals surface area contributed by atoms with E-state index in [4.69, 9.17) is 22.5 Å². The Balaban J connectivity index is 3.05. The maximum Gasteiger partial charge on any atom is 0.172 e. The average Bonchev–Trinajstić information content (AvgIpc) is 2.42. The monoisotopic (exact) mass is 301 g/mol. The number of oxime groups is 1. The zero-order chi connectivity index (χ0) is 14.4.